The van der Waals surface area contributed by atoms with Crippen molar-refractivity contribution >= 4 is 35.1 Å². The zero-order valence-corrected chi connectivity index (χ0v) is 15.6. The van der Waals surface area contributed by atoms with Crippen LogP contribution in [-0.4, -0.2) is 28.6 Å². The number of aromatic nitrogens is 2. The van der Waals surface area contributed by atoms with Gasteiger partial charge in [0.15, 0.2) is 0 Å². The zero-order valence-electron chi connectivity index (χ0n) is 14.8. The molecule has 1 atom stereocenters. The van der Waals surface area contributed by atoms with Crippen molar-refractivity contribution < 1.29 is 14.0 Å². The molecular weight excluding hydrogens is 380 g/mol. The van der Waals surface area contributed by atoms with Gasteiger partial charge >= 0.3 is 6.01 Å². The van der Waals surface area contributed by atoms with Crippen molar-refractivity contribution in [1.82, 2.24) is 10.2 Å². The third kappa shape index (κ3) is 3.89. The van der Waals surface area contributed by atoms with Crippen LogP contribution in [0.2, 0.25) is 5.02 Å². The van der Waals surface area contributed by atoms with Crippen LogP contribution >= 0.6 is 11.6 Å². The second-order valence-electron chi connectivity index (χ2n) is 6.50. The molecule has 0 saturated carbocycles. The highest BCUT2D eigenvalue weighted by Gasteiger charge is 2.35. The van der Waals surface area contributed by atoms with Crippen molar-refractivity contribution in [3.05, 3.63) is 71.1 Å². The Bertz CT molecular complexity index is 1010. The van der Waals surface area contributed by atoms with Crippen molar-refractivity contribution in [3.8, 4) is 0 Å². The molecule has 1 N–H and O–H groups in total. The molecule has 142 valence electrons. The molecule has 28 heavy (non-hydrogen) atoms. The van der Waals surface area contributed by atoms with Crippen molar-refractivity contribution in [3.63, 3.8) is 0 Å². The van der Waals surface area contributed by atoms with Gasteiger partial charge in [-0.3, -0.25) is 14.9 Å². The molecule has 2 amide bonds. The number of carbonyl (C=O) groups is 2. The van der Waals surface area contributed by atoms with Crippen molar-refractivity contribution in [1.29, 1.82) is 0 Å². The van der Waals surface area contributed by atoms with Crippen LogP contribution in [0.4, 0.5) is 11.7 Å². The van der Waals surface area contributed by atoms with E-state index in [1.165, 1.54) is 0 Å². The van der Waals surface area contributed by atoms with E-state index < -0.39 is 0 Å². The lowest BCUT2D eigenvalue weighted by atomic mass is 10.1. The zero-order chi connectivity index (χ0) is 19.5. The molecule has 2 aromatic carbocycles. The molecule has 1 aromatic heterocycles. The molecule has 0 radical (unpaired) electrons. The van der Waals surface area contributed by atoms with E-state index in [0.717, 1.165) is 5.69 Å². The average Bonchev–Trinajstić information content (AvgIpc) is 3.31. The predicted octanol–water partition coefficient (Wildman–Crippen LogP) is 3.42. The first kappa shape index (κ1) is 18.2. The number of rotatable bonds is 5. The lowest BCUT2D eigenvalue weighted by Gasteiger charge is -2.15. The number of anilines is 2. The highest BCUT2D eigenvalue weighted by molar-refractivity contribution is 6.31. The molecule has 1 fully saturated rings. The largest absolute Gasteiger partial charge is 0.407 e. The van der Waals surface area contributed by atoms with Crippen LogP contribution in [0.3, 0.4) is 0 Å². The van der Waals surface area contributed by atoms with Gasteiger partial charge in [-0.25, -0.2) is 0 Å². The van der Waals surface area contributed by atoms with Crippen LogP contribution in [-0.2, 0) is 16.0 Å². The minimum absolute atomic E-state index is 0.00120. The maximum atomic E-state index is 12.3. The molecule has 0 spiro atoms. The molecule has 0 bridgehead atoms. The van der Waals surface area contributed by atoms with Crippen LogP contribution < -0.4 is 10.2 Å². The fourth-order valence-electron chi connectivity index (χ4n) is 3.16. The van der Waals surface area contributed by atoms with E-state index in [1.807, 2.05) is 36.4 Å². The van der Waals surface area contributed by atoms with Gasteiger partial charge in [-0.2, -0.15) is 0 Å². The van der Waals surface area contributed by atoms with Crippen LogP contribution in [0, 0.1) is 0 Å². The highest BCUT2D eigenvalue weighted by Crippen LogP contribution is 2.31. The third-order valence-corrected chi connectivity index (χ3v) is 4.91. The lowest BCUT2D eigenvalue weighted by Crippen LogP contribution is -2.24. The number of nitrogens with zero attached hydrogens (tertiary/aromatic N) is 3. The third-order valence-electron chi connectivity index (χ3n) is 4.54. The highest BCUT2D eigenvalue weighted by atomic mass is 35.5. The maximum Gasteiger partial charge on any atom is 0.322 e. The normalized spacial score (nSPS) is 16.4. The van der Waals surface area contributed by atoms with Crippen LogP contribution in [0.25, 0.3) is 0 Å². The van der Waals surface area contributed by atoms with Gasteiger partial charge in [0.2, 0.25) is 17.7 Å². The summed E-state index contributed by atoms with van der Waals surface area (Å²) >= 11 is 6.07. The summed E-state index contributed by atoms with van der Waals surface area (Å²) in [4.78, 5) is 26.2. The van der Waals surface area contributed by atoms with Gasteiger partial charge in [0, 0.05) is 23.7 Å². The number of carbonyl (C=O) groups excluding carboxylic acids is 2. The molecule has 1 aliphatic heterocycles. The Kier molecular flexibility index (Phi) is 5.08. The second kappa shape index (κ2) is 7.82. The molecule has 1 saturated heterocycles. The first-order valence-corrected chi connectivity index (χ1v) is 9.20. The summed E-state index contributed by atoms with van der Waals surface area (Å²) in [7, 11) is 0. The first-order valence-electron chi connectivity index (χ1n) is 8.82. The molecule has 7 nitrogen and oxygen atoms in total. The second-order valence-corrected chi connectivity index (χ2v) is 6.91. The lowest BCUT2D eigenvalue weighted by molar-refractivity contribution is -0.117. The number of nitrogens with one attached hydrogen (secondary N) is 1. The number of halogens is 1. The standard InChI is InChI=1S/C20H17ClN4O3/c21-16-9-5-4-6-13(16)10-17(26)22-20-24-23-19(28-20)14-11-18(27)25(12-14)15-7-2-1-3-8-15/h1-9,14H,10-12H2,(H,22,24,26). The van der Waals surface area contributed by atoms with E-state index in [9.17, 15) is 9.59 Å². The fraction of sp³-hybridized carbons (Fsp3) is 0.200. The van der Waals surface area contributed by atoms with E-state index >= 15 is 0 Å². The van der Waals surface area contributed by atoms with Gasteiger partial charge in [-0.15, -0.1) is 5.10 Å². The maximum absolute atomic E-state index is 12.3. The average molecular weight is 397 g/mol. The van der Waals surface area contributed by atoms with E-state index in [0.29, 0.717) is 23.0 Å². The fourth-order valence-corrected chi connectivity index (χ4v) is 3.36. The Labute approximate surface area is 166 Å². The van der Waals surface area contributed by atoms with Gasteiger partial charge in [0.05, 0.1) is 12.3 Å². The van der Waals surface area contributed by atoms with Gasteiger partial charge in [0.25, 0.3) is 0 Å². The number of hydrogen-bond acceptors (Lipinski definition) is 5. The van der Waals surface area contributed by atoms with E-state index in [1.54, 1.807) is 23.1 Å². The minimum atomic E-state index is -0.309. The molecule has 3 aromatic rings. The van der Waals surface area contributed by atoms with Crippen LogP contribution in [0.15, 0.2) is 59.0 Å². The predicted molar refractivity (Wildman–Crippen MR) is 104 cm³/mol. The van der Waals surface area contributed by atoms with Gasteiger partial charge < -0.3 is 9.32 Å². The molecular formula is C20H17ClN4O3. The summed E-state index contributed by atoms with van der Waals surface area (Å²) in [6.45, 7) is 0.456. The smallest absolute Gasteiger partial charge is 0.322 e. The van der Waals surface area contributed by atoms with E-state index in [2.05, 4.69) is 15.5 Å². The number of hydrogen-bond donors (Lipinski definition) is 1. The number of para-hydroxylation sites is 1. The van der Waals surface area contributed by atoms with Gasteiger partial charge in [0.1, 0.15) is 0 Å². The number of benzene rings is 2. The summed E-state index contributed by atoms with van der Waals surface area (Å²) in [5.74, 6) is -0.190. The van der Waals surface area contributed by atoms with Crippen molar-refractivity contribution in [2.45, 2.75) is 18.8 Å². The summed E-state index contributed by atoms with van der Waals surface area (Å²) < 4.78 is 5.57. The van der Waals surface area contributed by atoms with Gasteiger partial charge in [-0.05, 0) is 23.8 Å². The number of amides is 2. The molecule has 8 heteroatoms. The van der Waals surface area contributed by atoms with E-state index in [4.69, 9.17) is 16.0 Å². The Morgan fingerprint density at radius 1 is 1.14 bits per heavy atom. The summed E-state index contributed by atoms with van der Waals surface area (Å²) in [6.07, 6.45) is 0.380. The first-order chi connectivity index (χ1) is 13.6. The molecule has 1 aliphatic rings. The Hall–Kier alpha value is -3.19. The summed E-state index contributed by atoms with van der Waals surface area (Å²) in [5, 5.41) is 11.0. The van der Waals surface area contributed by atoms with Crippen LogP contribution in [0.5, 0.6) is 0 Å². The Morgan fingerprint density at radius 2 is 1.89 bits per heavy atom. The van der Waals surface area contributed by atoms with E-state index in [-0.39, 0.29) is 36.6 Å². The van der Waals surface area contributed by atoms with Crippen molar-refractivity contribution in [2.24, 2.45) is 0 Å². The summed E-state index contributed by atoms with van der Waals surface area (Å²) in [6, 6.07) is 16.6. The molecule has 0 aliphatic carbocycles. The molecule has 1 unspecified atom stereocenters. The monoisotopic (exact) mass is 396 g/mol. The van der Waals surface area contributed by atoms with Crippen molar-refractivity contribution in [2.75, 3.05) is 16.8 Å². The Balaban J connectivity index is 1.40. The SMILES string of the molecule is O=C(Cc1ccccc1Cl)Nc1nnc(C2CC(=O)N(c3ccccc3)C2)o1. The quantitative estimate of drug-likeness (QED) is 0.713. The molecule has 4 rings (SSSR count). The molecule has 2 heterocycles. The Morgan fingerprint density at radius 3 is 2.68 bits per heavy atom. The minimum Gasteiger partial charge on any atom is -0.407 e. The van der Waals surface area contributed by atoms with Gasteiger partial charge in [-0.1, -0.05) is 53.1 Å². The summed E-state index contributed by atoms with van der Waals surface area (Å²) in [5.41, 5.74) is 1.55. The van der Waals surface area contributed by atoms with Crippen LogP contribution in [0.1, 0.15) is 23.8 Å². The topological polar surface area (TPSA) is 88.3 Å².